The Morgan fingerprint density at radius 3 is 2.47 bits per heavy atom. The van der Waals surface area contributed by atoms with Crippen LogP contribution in [0, 0.1) is 12.8 Å². The highest BCUT2D eigenvalue weighted by Crippen LogP contribution is 2.33. The topological polar surface area (TPSA) is 57.9 Å². The fourth-order valence-corrected chi connectivity index (χ4v) is 4.54. The molecule has 0 unspecified atom stereocenters. The van der Waals surface area contributed by atoms with Crippen molar-refractivity contribution >= 4 is 17.5 Å². The van der Waals surface area contributed by atoms with Crippen LogP contribution >= 0.6 is 0 Å². The molecule has 2 aliphatic rings. The summed E-state index contributed by atoms with van der Waals surface area (Å²) < 4.78 is 2.02. The molecule has 1 aromatic carbocycles. The second kappa shape index (κ2) is 8.46. The maximum atomic E-state index is 13.2. The fourth-order valence-electron chi connectivity index (χ4n) is 4.54. The van der Waals surface area contributed by atoms with Crippen molar-refractivity contribution in [1.82, 2.24) is 14.5 Å². The molecule has 30 heavy (non-hydrogen) atoms. The van der Waals surface area contributed by atoms with E-state index in [-0.39, 0.29) is 30.3 Å². The Kier molecular flexibility index (Phi) is 5.75. The Balaban J connectivity index is 1.56. The molecule has 1 aromatic heterocycles. The number of hydrogen-bond acceptors (Lipinski definition) is 3. The molecule has 1 atom stereocenters. The number of hydrogen-bond donors (Lipinski definition) is 0. The van der Waals surface area contributed by atoms with Gasteiger partial charge in [0, 0.05) is 32.6 Å². The lowest BCUT2D eigenvalue weighted by molar-refractivity contribution is -0.142. The Hall–Kier alpha value is -2.89. The highest BCUT2D eigenvalue weighted by Gasteiger charge is 2.35. The van der Waals surface area contributed by atoms with E-state index in [1.807, 2.05) is 29.9 Å². The second-order valence-electron chi connectivity index (χ2n) is 8.60. The second-order valence-corrected chi connectivity index (χ2v) is 8.60. The van der Waals surface area contributed by atoms with Crippen LogP contribution in [0.2, 0.25) is 0 Å². The SMILES string of the molecule is Cc1ccc([C@@H]2CC(c3cccn3C)=NN2C(=O)CN(C)C(=O)C2CCCC2)cc1. The number of amides is 2. The molecule has 1 saturated carbocycles. The van der Waals surface area contributed by atoms with Gasteiger partial charge >= 0.3 is 0 Å². The molecular formula is C24H30N4O2. The highest BCUT2D eigenvalue weighted by atomic mass is 16.2. The number of aromatic nitrogens is 1. The maximum Gasteiger partial charge on any atom is 0.262 e. The van der Waals surface area contributed by atoms with Crippen molar-refractivity contribution in [2.45, 2.75) is 45.1 Å². The normalized spacial score (nSPS) is 19.2. The molecule has 2 aromatic rings. The van der Waals surface area contributed by atoms with Gasteiger partial charge in [-0.3, -0.25) is 9.59 Å². The summed E-state index contributed by atoms with van der Waals surface area (Å²) in [6, 6.07) is 12.1. The molecule has 2 heterocycles. The molecule has 0 bridgehead atoms. The average molecular weight is 407 g/mol. The molecule has 2 amide bonds. The number of hydrazone groups is 1. The van der Waals surface area contributed by atoms with Gasteiger partial charge in [0.2, 0.25) is 5.91 Å². The average Bonchev–Trinajstić information content (AvgIpc) is 3.48. The van der Waals surface area contributed by atoms with Gasteiger partial charge in [0.05, 0.1) is 17.4 Å². The predicted octanol–water partition coefficient (Wildman–Crippen LogP) is 3.66. The molecule has 0 spiro atoms. The van der Waals surface area contributed by atoms with Crippen LogP contribution in [0.15, 0.2) is 47.7 Å². The molecular weight excluding hydrogens is 376 g/mol. The number of carbonyl (C=O) groups excluding carboxylic acids is 2. The van der Waals surface area contributed by atoms with E-state index >= 15 is 0 Å². The van der Waals surface area contributed by atoms with Crippen LogP contribution < -0.4 is 0 Å². The van der Waals surface area contributed by atoms with Gasteiger partial charge in [-0.2, -0.15) is 5.10 Å². The number of aryl methyl sites for hydroxylation is 2. The lowest BCUT2D eigenvalue weighted by atomic mass is 9.99. The summed E-state index contributed by atoms with van der Waals surface area (Å²) in [6.07, 6.45) is 6.71. The monoisotopic (exact) mass is 406 g/mol. The van der Waals surface area contributed by atoms with Gasteiger partial charge in [0.1, 0.15) is 6.54 Å². The van der Waals surface area contributed by atoms with Gasteiger partial charge in [-0.15, -0.1) is 0 Å². The zero-order chi connectivity index (χ0) is 21.3. The van der Waals surface area contributed by atoms with Gasteiger partial charge in [-0.25, -0.2) is 5.01 Å². The largest absolute Gasteiger partial charge is 0.350 e. The van der Waals surface area contributed by atoms with Gasteiger partial charge in [0.25, 0.3) is 5.91 Å². The Morgan fingerprint density at radius 2 is 1.83 bits per heavy atom. The fraction of sp³-hybridized carbons (Fsp3) is 0.458. The van der Waals surface area contributed by atoms with E-state index in [1.54, 1.807) is 17.0 Å². The third-order valence-electron chi connectivity index (χ3n) is 6.32. The first-order chi connectivity index (χ1) is 14.4. The van der Waals surface area contributed by atoms with Gasteiger partial charge in [-0.1, -0.05) is 42.7 Å². The molecule has 1 aliphatic carbocycles. The standard InChI is InChI=1S/C24H30N4O2/c1-17-10-12-18(13-11-17)22-15-20(21-9-6-14-26(21)2)25-28(22)23(29)16-27(3)24(30)19-7-4-5-8-19/h6,9-14,19,22H,4-5,7-8,15-16H2,1-3H3/t22-/m0/s1. The third kappa shape index (κ3) is 4.04. The molecule has 158 valence electrons. The lowest BCUT2D eigenvalue weighted by Gasteiger charge is -2.26. The first-order valence-electron chi connectivity index (χ1n) is 10.8. The molecule has 0 saturated heterocycles. The van der Waals surface area contributed by atoms with Crippen molar-refractivity contribution in [2.24, 2.45) is 18.1 Å². The van der Waals surface area contributed by atoms with Gasteiger partial charge in [0.15, 0.2) is 0 Å². The molecule has 1 aliphatic heterocycles. The van der Waals surface area contributed by atoms with Crippen molar-refractivity contribution in [2.75, 3.05) is 13.6 Å². The van der Waals surface area contributed by atoms with Crippen molar-refractivity contribution in [3.05, 3.63) is 59.4 Å². The van der Waals surface area contributed by atoms with E-state index in [4.69, 9.17) is 5.10 Å². The zero-order valence-corrected chi connectivity index (χ0v) is 18.0. The summed E-state index contributed by atoms with van der Waals surface area (Å²) in [6.45, 7) is 2.11. The van der Waals surface area contributed by atoms with E-state index in [1.165, 1.54) is 5.56 Å². The van der Waals surface area contributed by atoms with Crippen molar-refractivity contribution in [3.8, 4) is 0 Å². The van der Waals surface area contributed by atoms with Crippen LogP contribution in [-0.4, -0.2) is 45.6 Å². The lowest BCUT2D eigenvalue weighted by Crippen LogP contribution is -2.41. The van der Waals surface area contributed by atoms with Crippen molar-refractivity contribution in [3.63, 3.8) is 0 Å². The van der Waals surface area contributed by atoms with Crippen LogP contribution in [0.4, 0.5) is 0 Å². The molecule has 6 heteroatoms. The molecule has 1 fully saturated rings. The number of benzene rings is 1. The Bertz CT molecular complexity index is 954. The summed E-state index contributed by atoms with van der Waals surface area (Å²) in [5, 5.41) is 6.31. The van der Waals surface area contributed by atoms with E-state index in [0.717, 1.165) is 42.7 Å². The number of nitrogens with zero attached hydrogens (tertiary/aromatic N) is 4. The number of likely N-dealkylation sites (N-methyl/N-ethyl adjacent to an activating group) is 1. The van der Waals surface area contributed by atoms with Crippen LogP contribution in [0.3, 0.4) is 0 Å². The smallest absolute Gasteiger partial charge is 0.262 e. The van der Waals surface area contributed by atoms with Gasteiger partial charge in [-0.05, 0) is 37.5 Å². The minimum Gasteiger partial charge on any atom is -0.350 e. The van der Waals surface area contributed by atoms with Crippen LogP contribution in [0.1, 0.15) is 55.0 Å². The van der Waals surface area contributed by atoms with E-state index in [0.29, 0.717) is 6.42 Å². The minimum absolute atomic E-state index is 0.0572. The first kappa shape index (κ1) is 20.4. The first-order valence-corrected chi connectivity index (χ1v) is 10.8. The van der Waals surface area contributed by atoms with Crippen LogP contribution in [-0.2, 0) is 16.6 Å². The summed E-state index contributed by atoms with van der Waals surface area (Å²) >= 11 is 0. The van der Waals surface area contributed by atoms with Crippen LogP contribution in [0.5, 0.6) is 0 Å². The summed E-state index contributed by atoms with van der Waals surface area (Å²) in [7, 11) is 3.72. The van der Waals surface area contributed by atoms with Crippen molar-refractivity contribution in [1.29, 1.82) is 0 Å². The Morgan fingerprint density at radius 1 is 1.13 bits per heavy atom. The summed E-state index contributed by atoms with van der Waals surface area (Å²) in [4.78, 5) is 27.5. The summed E-state index contributed by atoms with van der Waals surface area (Å²) in [5.74, 6) is 0.00825. The molecule has 0 radical (unpaired) electrons. The van der Waals surface area contributed by atoms with E-state index in [2.05, 4.69) is 31.2 Å². The Labute approximate surface area is 178 Å². The molecule has 6 nitrogen and oxygen atoms in total. The summed E-state index contributed by atoms with van der Waals surface area (Å²) in [5.41, 5.74) is 4.15. The highest BCUT2D eigenvalue weighted by molar-refractivity contribution is 6.02. The van der Waals surface area contributed by atoms with E-state index < -0.39 is 0 Å². The zero-order valence-electron chi connectivity index (χ0n) is 18.0. The number of carbonyl (C=O) groups is 2. The molecule has 4 rings (SSSR count). The van der Waals surface area contributed by atoms with Crippen molar-refractivity contribution < 1.29 is 9.59 Å². The van der Waals surface area contributed by atoms with E-state index in [9.17, 15) is 9.59 Å². The predicted molar refractivity (Wildman–Crippen MR) is 117 cm³/mol. The third-order valence-corrected chi connectivity index (χ3v) is 6.32. The maximum absolute atomic E-state index is 13.2. The van der Waals surface area contributed by atoms with Gasteiger partial charge < -0.3 is 9.47 Å². The molecule has 0 N–H and O–H groups in total. The number of rotatable bonds is 5. The quantitative estimate of drug-likeness (QED) is 0.761. The van der Waals surface area contributed by atoms with Crippen LogP contribution in [0.25, 0.3) is 0 Å². The minimum atomic E-state index is -0.155.